The lowest BCUT2D eigenvalue weighted by molar-refractivity contribution is 0.397. The molecule has 1 heterocycles. The van der Waals surface area contributed by atoms with Crippen molar-refractivity contribution in [3.8, 4) is 17.0 Å². The molecule has 0 saturated heterocycles. The first-order valence-corrected chi connectivity index (χ1v) is 6.47. The van der Waals surface area contributed by atoms with Gasteiger partial charge in [0.2, 0.25) is 5.95 Å². The van der Waals surface area contributed by atoms with Gasteiger partial charge >= 0.3 is 0 Å². The summed E-state index contributed by atoms with van der Waals surface area (Å²) in [6.07, 6.45) is 1.62. The summed E-state index contributed by atoms with van der Waals surface area (Å²) in [7, 11) is 1.69. The molecule has 5 nitrogen and oxygen atoms in total. The molecule has 2 N–H and O–H groups in total. The van der Waals surface area contributed by atoms with E-state index in [1.54, 1.807) is 13.3 Å². The van der Waals surface area contributed by atoms with Crippen LogP contribution < -0.4 is 10.5 Å². The number of aromatic nitrogens is 3. The summed E-state index contributed by atoms with van der Waals surface area (Å²) in [5, 5.41) is 7.56. The van der Waals surface area contributed by atoms with E-state index in [0.717, 1.165) is 28.1 Å². The molecule has 20 heavy (non-hydrogen) atoms. The van der Waals surface area contributed by atoms with Crippen molar-refractivity contribution in [2.24, 2.45) is 0 Å². The lowest BCUT2D eigenvalue weighted by atomic mass is 9.84. The maximum Gasteiger partial charge on any atom is 0.240 e. The number of anilines is 1. The third kappa shape index (κ3) is 2.71. The normalized spacial score (nSPS) is 11.4. The average Bonchev–Trinajstić information content (AvgIpc) is 2.36. The van der Waals surface area contributed by atoms with Crippen molar-refractivity contribution >= 4 is 5.95 Å². The molecular weight excluding hydrogens is 252 g/mol. The van der Waals surface area contributed by atoms with Crippen LogP contribution in [0.15, 0.2) is 18.3 Å². The van der Waals surface area contributed by atoms with Gasteiger partial charge in [-0.1, -0.05) is 20.8 Å². The van der Waals surface area contributed by atoms with Crippen LogP contribution in [0.2, 0.25) is 0 Å². The zero-order valence-corrected chi connectivity index (χ0v) is 12.6. The zero-order valence-electron chi connectivity index (χ0n) is 12.6. The number of benzene rings is 1. The molecule has 2 aromatic rings. The maximum atomic E-state index is 5.62. The fraction of sp³-hybridized carbons (Fsp3) is 0.400. The summed E-state index contributed by atoms with van der Waals surface area (Å²) in [6.45, 7) is 8.46. The van der Waals surface area contributed by atoms with Gasteiger partial charge in [-0.05, 0) is 30.0 Å². The van der Waals surface area contributed by atoms with Crippen LogP contribution in [-0.4, -0.2) is 22.3 Å². The Kier molecular flexibility index (Phi) is 3.61. The fourth-order valence-corrected chi connectivity index (χ4v) is 2.16. The van der Waals surface area contributed by atoms with Gasteiger partial charge in [0.15, 0.2) is 0 Å². The predicted molar refractivity (Wildman–Crippen MR) is 79.7 cm³/mol. The minimum Gasteiger partial charge on any atom is -0.496 e. The molecule has 0 aliphatic rings. The second-order valence-electron chi connectivity index (χ2n) is 5.82. The molecular formula is C15H20N4O. The highest BCUT2D eigenvalue weighted by atomic mass is 16.5. The van der Waals surface area contributed by atoms with E-state index >= 15 is 0 Å². The number of aryl methyl sites for hydroxylation is 1. The van der Waals surface area contributed by atoms with Crippen molar-refractivity contribution in [2.75, 3.05) is 12.8 Å². The van der Waals surface area contributed by atoms with Gasteiger partial charge < -0.3 is 10.5 Å². The first kappa shape index (κ1) is 14.2. The Labute approximate surface area is 119 Å². The van der Waals surface area contributed by atoms with Crippen molar-refractivity contribution in [1.82, 2.24) is 15.2 Å². The van der Waals surface area contributed by atoms with Crippen LogP contribution in [0.1, 0.15) is 31.9 Å². The van der Waals surface area contributed by atoms with E-state index in [9.17, 15) is 0 Å². The molecule has 0 radical (unpaired) electrons. The maximum absolute atomic E-state index is 5.62. The number of rotatable bonds is 2. The van der Waals surface area contributed by atoms with Crippen molar-refractivity contribution in [1.29, 1.82) is 0 Å². The van der Waals surface area contributed by atoms with E-state index in [4.69, 9.17) is 10.5 Å². The number of methoxy groups -OCH3 is 1. The van der Waals surface area contributed by atoms with E-state index in [1.165, 1.54) is 0 Å². The van der Waals surface area contributed by atoms with Crippen LogP contribution in [0.3, 0.4) is 0 Å². The van der Waals surface area contributed by atoms with Gasteiger partial charge in [-0.15, -0.1) is 5.10 Å². The van der Waals surface area contributed by atoms with Crippen LogP contribution in [0.4, 0.5) is 5.95 Å². The Hall–Kier alpha value is -2.17. The highest BCUT2D eigenvalue weighted by Gasteiger charge is 2.21. The average molecular weight is 272 g/mol. The topological polar surface area (TPSA) is 73.9 Å². The van der Waals surface area contributed by atoms with Crippen LogP contribution in [0.25, 0.3) is 11.3 Å². The molecule has 0 saturated carbocycles. The van der Waals surface area contributed by atoms with E-state index in [2.05, 4.69) is 42.0 Å². The second-order valence-corrected chi connectivity index (χ2v) is 5.82. The fourth-order valence-electron chi connectivity index (χ4n) is 2.16. The highest BCUT2D eigenvalue weighted by Crippen LogP contribution is 2.36. The number of nitrogens with two attached hydrogens (primary N) is 1. The minimum absolute atomic E-state index is 0.0280. The van der Waals surface area contributed by atoms with Gasteiger partial charge in [0.1, 0.15) is 5.75 Å². The molecule has 5 heteroatoms. The molecule has 0 atom stereocenters. The molecule has 0 fully saturated rings. The highest BCUT2D eigenvalue weighted by molar-refractivity contribution is 5.67. The van der Waals surface area contributed by atoms with E-state index in [-0.39, 0.29) is 11.4 Å². The largest absolute Gasteiger partial charge is 0.496 e. The lowest BCUT2D eigenvalue weighted by Gasteiger charge is -2.24. The molecule has 1 aromatic heterocycles. The molecule has 1 aromatic carbocycles. The molecule has 0 unspecified atom stereocenters. The van der Waals surface area contributed by atoms with Gasteiger partial charge in [-0.25, -0.2) is 4.98 Å². The summed E-state index contributed by atoms with van der Waals surface area (Å²) in [6, 6.07) is 4.12. The predicted octanol–water partition coefficient (Wildman–Crippen LogP) is 2.74. The Morgan fingerprint density at radius 1 is 1.20 bits per heavy atom. The number of hydrogen-bond donors (Lipinski definition) is 1. The van der Waals surface area contributed by atoms with Gasteiger partial charge in [0.25, 0.3) is 0 Å². The Balaban J connectivity index is 2.66. The summed E-state index contributed by atoms with van der Waals surface area (Å²) < 4.78 is 5.49. The number of nitrogens with zero attached hydrogens (tertiary/aromatic N) is 3. The Bertz CT molecular complexity index is 632. The molecule has 0 spiro atoms. The third-order valence-corrected chi connectivity index (χ3v) is 3.21. The molecule has 106 valence electrons. The second kappa shape index (κ2) is 5.07. The summed E-state index contributed by atoms with van der Waals surface area (Å²) in [4.78, 5) is 4.25. The van der Waals surface area contributed by atoms with Gasteiger partial charge in [-0.3, -0.25) is 0 Å². The van der Waals surface area contributed by atoms with E-state index < -0.39 is 0 Å². The van der Waals surface area contributed by atoms with Crippen LogP contribution in [0, 0.1) is 6.92 Å². The van der Waals surface area contributed by atoms with Gasteiger partial charge in [-0.2, -0.15) is 5.10 Å². The smallest absolute Gasteiger partial charge is 0.240 e. The molecule has 0 bridgehead atoms. The monoisotopic (exact) mass is 272 g/mol. The van der Waals surface area contributed by atoms with Crippen LogP contribution >= 0.6 is 0 Å². The zero-order chi connectivity index (χ0) is 14.9. The summed E-state index contributed by atoms with van der Waals surface area (Å²) in [5.41, 5.74) is 9.50. The van der Waals surface area contributed by atoms with Crippen LogP contribution in [-0.2, 0) is 5.41 Å². The van der Waals surface area contributed by atoms with Crippen molar-refractivity contribution in [3.63, 3.8) is 0 Å². The first-order chi connectivity index (χ1) is 9.32. The van der Waals surface area contributed by atoms with Gasteiger partial charge in [0.05, 0.1) is 19.0 Å². The number of nitrogen functional groups attached to an aromatic ring is 1. The third-order valence-electron chi connectivity index (χ3n) is 3.21. The molecule has 0 amide bonds. The summed E-state index contributed by atoms with van der Waals surface area (Å²) in [5.74, 6) is 1.06. The van der Waals surface area contributed by atoms with E-state index in [1.807, 2.05) is 13.0 Å². The summed E-state index contributed by atoms with van der Waals surface area (Å²) >= 11 is 0. The minimum atomic E-state index is -0.0280. The number of hydrogen-bond acceptors (Lipinski definition) is 5. The SMILES string of the molecule is COc1cc(C)c(-c2cnnc(N)n2)cc1C(C)(C)C. The van der Waals surface area contributed by atoms with E-state index in [0.29, 0.717) is 0 Å². The number of ether oxygens (including phenoxy) is 1. The van der Waals surface area contributed by atoms with Crippen molar-refractivity contribution < 1.29 is 4.74 Å². The Morgan fingerprint density at radius 3 is 2.45 bits per heavy atom. The quantitative estimate of drug-likeness (QED) is 0.909. The molecule has 0 aliphatic carbocycles. The first-order valence-electron chi connectivity index (χ1n) is 6.47. The molecule has 2 rings (SSSR count). The van der Waals surface area contributed by atoms with Gasteiger partial charge in [0, 0.05) is 11.1 Å². The van der Waals surface area contributed by atoms with Crippen molar-refractivity contribution in [2.45, 2.75) is 33.1 Å². The van der Waals surface area contributed by atoms with Crippen LogP contribution in [0.5, 0.6) is 5.75 Å². The molecule has 0 aliphatic heterocycles. The van der Waals surface area contributed by atoms with Crippen molar-refractivity contribution in [3.05, 3.63) is 29.5 Å². The lowest BCUT2D eigenvalue weighted by Crippen LogP contribution is -2.13. The standard InChI is InChI=1S/C15H20N4O/c1-9-6-13(20-5)11(15(2,3)4)7-10(9)12-8-17-19-14(16)18-12/h6-8H,1-5H3,(H2,16,18,19). The Morgan fingerprint density at radius 2 is 1.90 bits per heavy atom.